The van der Waals surface area contributed by atoms with Crippen molar-refractivity contribution in [1.29, 1.82) is 0 Å². The zero-order valence-electron chi connectivity index (χ0n) is 22.2. The summed E-state index contributed by atoms with van der Waals surface area (Å²) in [4.78, 5) is 0. The van der Waals surface area contributed by atoms with Crippen molar-refractivity contribution in [3.05, 3.63) is 42.5 Å². The summed E-state index contributed by atoms with van der Waals surface area (Å²) in [5.74, 6) is 1.91. The van der Waals surface area contributed by atoms with Gasteiger partial charge >= 0.3 is 215 Å². The molecule has 0 aromatic heterocycles. The monoisotopic (exact) mass is 494 g/mol. The van der Waals surface area contributed by atoms with Gasteiger partial charge in [-0.2, -0.15) is 0 Å². The normalized spacial score (nSPS) is 21.5. The van der Waals surface area contributed by atoms with Crippen LogP contribution in [0.1, 0.15) is 96.3 Å². The predicted molar refractivity (Wildman–Crippen MR) is 154 cm³/mol. The van der Waals surface area contributed by atoms with Crippen LogP contribution < -0.4 is 14.8 Å². The van der Waals surface area contributed by atoms with E-state index in [2.05, 4.69) is 42.5 Å². The van der Waals surface area contributed by atoms with Gasteiger partial charge in [-0.3, -0.25) is 0 Å². The van der Waals surface area contributed by atoms with Crippen LogP contribution >= 0.6 is 7.26 Å². The van der Waals surface area contributed by atoms with Crippen LogP contribution in [-0.4, -0.2) is 31.2 Å². The summed E-state index contributed by atoms with van der Waals surface area (Å²) in [6.07, 6.45) is 21.8. The molecule has 2 aromatic carbocycles. The van der Waals surface area contributed by atoms with Crippen molar-refractivity contribution in [3.63, 3.8) is 0 Å². The van der Waals surface area contributed by atoms with E-state index >= 15 is 0 Å². The standard InChI is InChI=1S/C32H47O2P/c1-33-29-22-14-23-30(34-2)32(29)28-21-12-13-24-31(28)35(25-15-6-3-7-16-25,26-17-8-4-9-18-26)27-19-10-5-11-20-27/h12-14,21-27,35H,3-11,15-20H2,1-2H3. The minimum atomic E-state index is -1.88. The van der Waals surface area contributed by atoms with Crippen LogP contribution in [-0.2, 0) is 0 Å². The van der Waals surface area contributed by atoms with Gasteiger partial charge in [0.2, 0.25) is 0 Å². The summed E-state index contributed by atoms with van der Waals surface area (Å²) in [7, 11) is 1.75. The first-order chi connectivity index (χ1) is 17.3. The molecule has 3 saturated carbocycles. The van der Waals surface area contributed by atoms with Crippen LogP contribution in [0, 0.1) is 0 Å². The van der Waals surface area contributed by atoms with E-state index in [1.807, 2.05) is 14.2 Å². The molecule has 3 aliphatic carbocycles. The molecular weight excluding hydrogens is 447 g/mol. The Morgan fingerprint density at radius 3 is 1.40 bits per heavy atom. The molecule has 35 heavy (non-hydrogen) atoms. The maximum atomic E-state index is 5.98. The molecule has 0 atom stereocenters. The van der Waals surface area contributed by atoms with Gasteiger partial charge in [-0.25, -0.2) is 0 Å². The van der Waals surface area contributed by atoms with Gasteiger partial charge in [-0.15, -0.1) is 0 Å². The third-order valence-electron chi connectivity index (χ3n) is 9.93. The molecule has 2 nitrogen and oxygen atoms in total. The minimum absolute atomic E-state index is 0.935. The molecule has 0 bridgehead atoms. The molecule has 0 unspecified atom stereocenters. The van der Waals surface area contributed by atoms with Gasteiger partial charge in [0.1, 0.15) is 0 Å². The molecule has 2 aromatic rings. The van der Waals surface area contributed by atoms with Gasteiger partial charge in [0.15, 0.2) is 0 Å². The molecule has 0 radical (unpaired) electrons. The molecule has 0 amide bonds. The summed E-state index contributed by atoms with van der Waals surface area (Å²) in [6.45, 7) is 0. The third-order valence-corrected chi connectivity index (χ3v) is 17.1. The fraction of sp³-hybridized carbons (Fsp3) is 0.625. The maximum absolute atomic E-state index is 5.98. The van der Waals surface area contributed by atoms with Crippen molar-refractivity contribution < 1.29 is 9.47 Å². The van der Waals surface area contributed by atoms with Crippen LogP contribution in [0.25, 0.3) is 11.1 Å². The molecule has 5 rings (SSSR count). The number of ether oxygens (including phenoxy) is 2. The van der Waals surface area contributed by atoms with Crippen molar-refractivity contribution in [2.24, 2.45) is 0 Å². The van der Waals surface area contributed by atoms with Crippen LogP contribution in [0.15, 0.2) is 42.5 Å². The molecule has 3 heteroatoms. The quantitative estimate of drug-likeness (QED) is 0.358. The van der Waals surface area contributed by atoms with E-state index in [0.717, 1.165) is 28.5 Å². The first kappa shape index (κ1) is 25.1. The van der Waals surface area contributed by atoms with Gasteiger partial charge < -0.3 is 0 Å². The molecule has 3 aliphatic rings. The van der Waals surface area contributed by atoms with E-state index in [9.17, 15) is 0 Å². The topological polar surface area (TPSA) is 18.5 Å². The molecule has 0 heterocycles. The second-order valence-corrected chi connectivity index (χ2v) is 16.4. The van der Waals surface area contributed by atoms with Crippen LogP contribution in [0.5, 0.6) is 11.5 Å². The van der Waals surface area contributed by atoms with Gasteiger partial charge in [0, 0.05) is 0 Å². The fourth-order valence-corrected chi connectivity index (χ4v) is 17.1. The summed E-state index contributed by atoms with van der Waals surface area (Å²) in [6, 6.07) is 15.9. The van der Waals surface area contributed by atoms with Crippen LogP contribution in [0.2, 0.25) is 0 Å². The molecule has 0 saturated heterocycles. The van der Waals surface area contributed by atoms with Gasteiger partial charge in [-0.05, 0) is 0 Å². The van der Waals surface area contributed by atoms with E-state index in [4.69, 9.17) is 9.47 Å². The summed E-state index contributed by atoms with van der Waals surface area (Å²) < 4.78 is 12.0. The van der Waals surface area contributed by atoms with Gasteiger partial charge in [0.25, 0.3) is 0 Å². The van der Waals surface area contributed by atoms with Crippen molar-refractivity contribution in [1.82, 2.24) is 0 Å². The Balaban J connectivity index is 1.77. The predicted octanol–water partition coefficient (Wildman–Crippen LogP) is 8.74. The molecule has 0 aliphatic heterocycles. The Labute approximate surface area is 214 Å². The van der Waals surface area contributed by atoms with Crippen LogP contribution in [0.3, 0.4) is 0 Å². The number of hydrogen-bond acceptors (Lipinski definition) is 2. The Hall–Kier alpha value is -1.53. The molecule has 192 valence electrons. The number of benzene rings is 2. The zero-order chi connectivity index (χ0) is 24.1. The first-order valence-electron chi connectivity index (χ1n) is 14.6. The van der Waals surface area contributed by atoms with E-state index in [1.54, 1.807) is 5.30 Å². The zero-order valence-corrected chi connectivity index (χ0v) is 23.2. The summed E-state index contributed by atoms with van der Waals surface area (Å²) in [5.41, 5.74) is 5.42. The molecular formula is C32H47O2P. The van der Waals surface area contributed by atoms with Crippen molar-refractivity contribution in [2.45, 2.75) is 113 Å². The van der Waals surface area contributed by atoms with Crippen molar-refractivity contribution in [2.75, 3.05) is 14.2 Å². The van der Waals surface area contributed by atoms with E-state index in [-0.39, 0.29) is 0 Å². The number of rotatable bonds is 7. The van der Waals surface area contributed by atoms with E-state index in [1.165, 1.54) is 107 Å². The van der Waals surface area contributed by atoms with Crippen molar-refractivity contribution in [3.8, 4) is 22.6 Å². The van der Waals surface area contributed by atoms with Gasteiger partial charge in [0.05, 0.1) is 0 Å². The average molecular weight is 495 g/mol. The Kier molecular flexibility index (Phi) is 8.39. The van der Waals surface area contributed by atoms with E-state index < -0.39 is 7.26 Å². The third kappa shape index (κ3) is 4.77. The summed E-state index contributed by atoms with van der Waals surface area (Å²) in [5, 5.41) is 1.76. The Morgan fingerprint density at radius 1 is 0.543 bits per heavy atom. The SMILES string of the molecule is COc1cccc(OC)c1-c1ccccc1[PH](C1CCCCC1)(C1CCCCC1)C1CCCCC1. The first-order valence-corrected chi connectivity index (χ1v) is 16.8. The second-order valence-electron chi connectivity index (χ2n) is 11.5. The van der Waals surface area contributed by atoms with Crippen molar-refractivity contribution >= 4 is 12.6 Å². The van der Waals surface area contributed by atoms with Crippen LogP contribution in [0.4, 0.5) is 0 Å². The second kappa shape index (κ2) is 11.7. The Morgan fingerprint density at radius 2 is 0.971 bits per heavy atom. The molecule has 0 N–H and O–H groups in total. The van der Waals surface area contributed by atoms with Gasteiger partial charge in [-0.1, -0.05) is 0 Å². The Bertz CT molecular complexity index is 884. The molecule has 0 spiro atoms. The average Bonchev–Trinajstić information content (AvgIpc) is 2.95. The number of hydrogen-bond donors (Lipinski definition) is 0. The fourth-order valence-electron chi connectivity index (χ4n) is 8.60. The molecule has 3 fully saturated rings. The summed E-state index contributed by atoms with van der Waals surface area (Å²) >= 11 is 0. The number of methoxy groups -OCH3 is 2. The van der Waals surface area contributed by atoms with E-state index in [0.29, 0.717) is 0 Å².